The van der Waals surface area contributed by atoms with Gasteiger partial charge in [0.05, 0.1) is 6.54 Å². The summed E-state index contributed by atoms with van der Waals surface area (Å²) in [6.45, 7) is 5.30. The van der Waals surface area contributed by atoms with E-state index in [4.69, 9.17) is 9.94 Å². The molecule has 2 N–H and O–H groups in total. The molecule has 80 valence electrons. The van der Waals surface area contributed by atoms with Gasteiger partial charge in [0.15, 0.2) is 0 Å². The minimum absolute atomic E-state index is 0.109. The third-order valence-corrected chi connectivity index (χ3v) is 1.60. The van der Waals surface area contributed by atoms with Crippen molar-refractivity contribution in [1.29, 1.82) is 0 Å². The summed E-state index contributed by atoms with van der Waals surface area (Å²) in [7, 11) is 0. The molecule has 0 saturated carbocycles. The summed E-state index contributed by atoms with van der Waals surface area (Å²) < 4.78 is 4.93. The number of hydrogen-bond donors (Lipinski definition) is 2. The van der Waals surface area contributed by atoms with Gasteiger partial charge in [-0.3, -0.25) is 10.0 Å². The second-order valence-electron chi connectivity index (χ2n) is 4.12. The third kappa shape index (κ3) is 2.59. The Kier molecular flexibility index (Phi) is 2.66. The van der Waals surface area contributed by atoms with Crippen LogP contribution in [-0.4, -0.2) is 40.5 Å². The first-order valence-corrected chi connectivity index (χ1v) is 4.29. The van der Waals surface area contributed by atoms with E-state index >= 15 is 0 Å². The average Bonchev–Trinajstić information content (AvgIpc) is 2.00. The molecule has 1 fully saturated rings. The van der Waals surface area contributed by atoms with Gasteiger partial charge in [0.1, 0.15) is 11.6 Å². The van der Waals surface area contributed by atoms with Crippen molar-refractivity contribution >= 4 is 12.0 Å². The molecule has 0 spiro atoms. The third-order valence-electron chi connectivity index (χ3n) is 1.60. The molecule has 6 nitrogen and oxygen atoms in total. The van der Waals surface area contributed by atoms with Gasteiger partial charge in [-0.15, -0.1) is 0 Å². The van der Waals surface area contributed by atoms with E-state index in [1.165, 1.54) is 0 Å². The summed E-state index contributed by atoms with van der Waals surface area (Å²) in [6.07, 6.45) is -0.649. The predicted octanol–water partition coefficient (Wildman–Crippen LogP) is 0.111. The van der Waals surface area contributed by atoms with Crippen LogP contribution in [0, 0.1) is 0 Å². The SMILES string of the molecule is CC(C)(C)OC(=O)NC1CN(O)C1=O. The van der Waals surface area contributed by atoms with Gasteiger partial charge in [-0.05, 0) is 20.8 Å². The van der Waals surface area contributed by atoms with E-state index in [2.05, 4.69) is 5.32 Å². The fraction of sp³-hybridized carbons (Fsp3) is 0.750. The first-order valence-electron chi connectivity index (χ1n) is 4.29. The number of carbonyl (C=O) groups is 2. The van der Waals surface area contributed by atoms with E-state index in [1.54, 1.807) is 20.8 Å². The number of alkyl carbamates (subject to hydrolysis) is 1. The molecule has 6 heteroatoms. The molecule has 1 heterocycles. The average molecular weight is 202 g/mol. The van der Waals surface area contributed by atoms with Crippen LogP contribution in [0.3, 0.4) is 0 Å². The first kappa shape index (κ1) is 10.8. The molecule has 0 aromatic carbocycles. The summed E-state index contributed by atoms with van der Waals surface area (Å²) in [6, 6.07) is -0.658. The highest BCUT2D eigenvalue weighted by Gasteiger charge is 2.37. The van der Waals surface area contributed by atoms with Crippen LogP contribution in [0.5, 0.6) is 0 Å². The van der Waals surface area contributed by atoms with Crippen molar-refractivity contribution in [2.45, 2.75) is 32.4 Å². The Morgan fingerprint density at radius 3 is 2.57 bits per heavy atom. The molecule has 14 heavy (non-hydrogen) atoms. The lowest BCUT2D eigenvalue weighted by atomic mass is 10.1. The Labute approximate surface area is 81.8 Å². The van der Waals surface area contributed by atoms with Crippen molar-refractivity contribution in [1.82, 2.24) is 10.4 Å². The molecule has 0 aromatic rings. The molecular formula is C8H14N2O4. The molecule has 1 aliphatic rings. The zero-order chi connectivity index (χ0) is 10.9. The standard InChI is InChI=1S/C8H14N2O4/c1-8(2,3)14-7(12)9-5-4-10(13)6(5)11/h5,13H,4H2,1-3H3,(H,9,12). The maximum Gasteiger partial charge on any atom is 0.408 e. The van der Waals surface area contributed by atoms with E-state index in [0.717, 1.165) is 0 Å². The molecule has 0 aliphatic carbocycles. The molecule has 1 unspecified atom stereocenters. The van der Waals surface area contributed by atoms with E-state index < -0.39 is 23.6 Å². The molecule has 1 aliphatic heterocycles. The number of hydrogen-bond acceptors (Lipinski definition) is 4. The molecule has 2 amide bonds. The van der Waals surface area contributed by atoms with Crippen molar-refractivity contribution < 1.29 is 19.5 Å². The van der Waals surface area contributed by atoms with E-state index in [-0.39, 0.29) is 6.54 Å². The van der Waals surface area contributed by atoms with Crippen LogP contribution in [0.25, 0.3) is 0 Å². The van der Waals surface area contributed by atoms with Gasteiger partial charge in [-0.1, -0.05) is 0 Å². The second-order valence-corrected chi connectivity index (χ2v) is 4.12. The Balaban J connectivity index is 2.32. The van der Waals surface area contributed by atoms with Gasteiger partial charge in [0.25, 0.3) is 5.91 Å². The maximum atomic E-state index is 11.1. The van der Waals surface area contributed by atoms with E-state index in [9.17, 15) is 9.59 Å². The number of nitrogens with one attached hydrogen (secondary N) is 1. The van der Waals surface area contributed by atoms with Crippen LogP contribution >= 0.6 is 0 Å². The van der Waals surface area contributed by atoms with Crippen LogP contribution < -0.4 is 5.32 Å². The zero-order valence-electron chi connectivity index (χ0n) is 8.40. The number of ether oxygens (including phenoxy) is 1. The summed E-state index contributed by atoms with van der Waals surface area (Å²) in [5.74, 6) is -0.518. The highest BCUT2D eigenvalue weighted by atomic mass is 16.6. The first-order chi connectivity index (χ1) is 6.29. The molecule has 1 saturated heterocycles. The summed E-state index contributed by atoms with van der Waals surface area (Å²) >= 11 is 0. The van der Waals surface area contributed by atoms with Gasteiger partial charge in [0, 0.05) is 0 Å². The van der Waals surface area contributed by atoms with Crippen molar-refractivity contribution in [3.63, 3.8) is 0 Å². The predicted molar refractivity (Wildman–Crippen MR) is 46.7 cm³/mol. The van der Waals surface area contributed by atoms with Gasteiger partial charge >= 0.3 is 6.09 Å². The number of β-lactam (4-membered cyclic amide) rings is 1. The van der Waals surface area contributed by atoms with Gasteiger partial charge in [-0.25, -0.2) is 9.86 Å². The number of amides is 2. The van der Waals surface area contributed by atoms with Crippen LogP contribution in [0.4, 0.5) is 4.79 Å². The van der Waals surface area contributed by atoms with Crippen molar-refractivity contribution in [2.24, 2.45) is 0 Å². The Morgan fingerprint density at radius 2 is 2.21 bits per heavy atom. The lowest BCUT2D eigenvalue weighted by Crippen LogP contribution is -2.62. The van der Waals surface area contributed by atoms with E-state index in [0.29, 0.717) is 5.06 Å². The zero-order valence-corrected chi connectivity index (χ0v) is 8.40. The topological polar surface area (TPSA) is 78.9 Å². The molecule has 0 bridgehead atoms. The van der Waals surface area contributed by atoms with E-state index in [1.807, 2.05) is 0 Å². The Morgan fingerprint density at radius 1 is 1.64 bits per heavy atom. The largest absolute Gasteiger partial charge is 0.444 e. The molecule has 1 atom stereocenters. The fourth-order valence-electron chi connectivity index (χ4n) is 0.966. The van der Waals surface area contributed by atoms with Crippen molar-refractivity contribution in [2.75, 3.05) is 6.54 Å². The van der Waals surface area contributed by atoms with Crippen LogP contribution in [0.15, 0.2) is 0 Å². The lowest BCUT2D eigenvalue weighted by molar-refractivity contribution is -0.190. The second kappa shape index (κ2) is 3.45. The lowest BCUT2D eigenvalue weighted by Gasteiger charge is -2.33. The number of rotatable bonds is 1. The summed E-state index contributed by atoms with van der Waals surface area (Å²) in [5, 5.41) is 11.6. The monoisotopic (exact) mass is 202 g/mol. The highest BCUT2D eigenvalue weighted by molar-refractivity contribution is 5.89. The summed E-state index contributed by atoms with van der Waals surface area (Å²) in [5.41, 5.74) is -0.588. The van der Waals surface area contributed by atoms with Gasteiger partial charge in [0.2, 0.25) is 0 Å². The van der Waals surface area contributed by atoms with Crippen LogP contribution in [0.1, 0.15) is 20.8 Å². The fourth-order valence-corrected chi connectivity index (χ4v) is 0.966. The quantitative estimate of drug-likeness (QED) is 0.467. The normalized spacial score (nSPS) is 21.6. The maximum absolute atomic E-state index is 11.1. The minimum Gasteiger partial charge on any atom is -0.444 e. The van der Waals surface area contributed by atoms with Crippen LogP contribution in [0.2, 0.25) is 0 Å². The number of nitrogens with zero attached hydrogens (tertiary/aromatic N) is 1. The molecule has 1 rings (SSSR count). The Bertz CT molecular complexity index is 259. The van der Waals surface area contributed by atoms with Crippen molar-refractivity contribution in [3.05, 3.63) is 0 Å². The number of hydroxylamine groups is 2. The number of carbonyl (C=O) groups excluding carboxylic acids is 2. The molecule has 0 aromatic heterocycles. The highest BCUT2D eigenvalue weighted by Crippen LogP contribution is 2.10. The minimum atomic E-state index is -0.658. The molecular weight excluding hydrogens is 188 g/mol. The molecule has 0 radical (unpaired) electrons. The van der Waals surface area contributed by atoms with Crippen molar-refractivity contribution in [3.8, 4) is 0 Å². The van der Waals surface area contributed by atoms with Gasteiger partial charge in [-0.2, -0.15) is 0 Å². The van der Waals surface area contributed by atoms with Gasteiger partial charge < -0.3 is 10.1 Å². The Hall–Kier alpha value is -1.30. The smallest absolute Gasteiger partial charge is 0.408 e. The van der Waals surface area contributed by atoms with Crippen LogP contribution in [-0.2, 0) is 9.53 Å². The summed E-state index contributed by atoms with van der Waals surface area (Å²) in [4.78, 5) is 22.0.